The normalized spacial score (nSPS) is 22.4. The summed E-state index contributed by atoms with van der Waals surface area (Å²) >= 11 is 0. The third-order valence-electron chi connectivity index (χ3n) is 5.87. The van der Waals surface area contributed by atoms with Gasteiger partial charge in [-0.1, -0.05) is 12.8 Å². The van der Waals surface area contributed by atoms with Gasteiger partial charge in [-0.15, -0.1) is 0 Å². The lowest BCUT2D eigenvalue weighted by atomic mass is 9.87. The molecule has 27 heavy (non-hydrogen) atoms. The van der Waals surface area contributed by atoms with E-state index in [4.69, 9.17) is 18.9 Å². The van der Waals surface area contributed by atoms with Gasteiger partial charge in [0.2, 0.25) is 11.5 Å². The average molecular weight is 379 g/mol. The highest BCUT2D eigenvalue weighted by Crippen LogP contribution is 2.56. The maximum atomic E-state index is 10.6. The number of hydrogen-bond acceptors (Lipinski definition) is 6. The molecule has 2 aliphatic rings. The van der Waals surface area contributed by atoms with Crippen LogP contribution in [0.3, 0.4) is 0 Å². The molecule has 6 nitrogen and oxygen atoms in total. The molecule has 1 N–H and O–H groups in total. The van der Waals surface area contributed by atoms with Gasteiger partial charge in [-0.25, -0.2) is 0 Å². The van der Waals surface area contributed by atoms with Crippen molar-refractivity contribution in [1.82, 2.24) is 4.90 Å². The van der Waals surface area contributed by atoms with Gasteiger partial charge >= 0.3 is 0 Å². The molecule has 2 aliphatic heterocycles. The van der Waals surface area contributed by atoms with Crippen molar-refractivity contribution in [3.05, 3.63) is 11.1 Å². The fraction of sp³-hybridized carbons (Fsp3) is 0.714. The maximum absolute atomic E-state index is 10.6. The molecule has 6 heteroatoms. The molecular weight excluding hydrogens is 346 g/mol. The van der Waals surface area contributed by atoms with Crippen molar-refractivity contribution >= 4 is 0 Å². The molecule has 1 aromatic rings. The molecule has 1 aromatic carbocycles. The Balaban J connectivity index is 1.62. The molecule has 0 radical (unpaired) electrons. The van der Waals surface area contributed by atoms with E-state index in [0.29, 0.717) is 11.5 Å². The predicted molar refractivity (Wildman–Crippen MR) is 105 cm³/mol. The number of methoxy groups -OCH3 is 2. The smallest absolute Gasteiger partial charge is 0.207 e. The van der Waals surface area contributed by atoms with Crippen LogP contribution in [-0.2, 0) is 4.74 Å². The summed E-state index contributed by atoms with van der Waals surface area (Å²) in [6.07, 6.45) is 4.68. The fourth-order valence-corrected chi connectivity index (χ4v) is 4.32. The zero-order valence-electron chi connectivity index (χ0n) is 17.0. The van der Waals surface area contributed by atoms with Crippen molar-refractivity contribution < 1.29 is 24.1 Å². The molecule has 1 saturated heterocycles. The third kappa shape index (κ3) is 4.11. The Morgan fingerprint density at radius 2 is 1.78 bits per heavy atom. The van der Waals surface area contributed by atoms with Crippen LogP contribution < -0.4 is 14.2 Å². The average Bonchev–Trinajstić information content (AvgIpc) is 3.01. The summed E-state index contributed by atoms with van der Waals surface area (Å²) in [5.41, 5.74) is 1.91. The van der Waals surface area contributed by atoms with Gasteiger partial charge in [0.1, 0.15) is 6.10 Å². The Kier molecular flexibility index (Phi) is 6.71. The number of phenols is 1. The van der Waals surface area contributed by atoms with Crippen LogP contribution in [0.4, 0.5) is 0 Å². The van der Waals surface area contributed by atoms with E-state index in [1.807, 2.05) is 6.92 Å². The first kappa shape index (κ1) is 20.1. The summed E-state index contributed by atoms with van der Waals surface area (Å²) in [6, 6.07) is 0. The monoisotopic (exact) mass is 379 g/mol. The van der Waals surface area contributed by atoms with Gasteiger partial charge in [0.15, 0.2) is 11.5 Å². The number of morpholine rings is 1. The summed E-state index contributed by atoms with van der Waals surface area (Å²) in [7, 11) is 3.12. The summed E-state index contributed by atoms with van der Waals surface area (Å²) in [5, 5.41) is 10.6. The first-order chi connectivity index (χ1) is 13.1. The molecule has 2 heterocycles. The lowest BCUT2D eigenvalue weighted by Gasteiger charge is -2.26. The maximum Gasteiger partial charge on any atom is 0.207 e. The number of rotatable bonds is 8. The Labute approximate surface area is 162 Å². The van der Waals surface area contributed by atoms with Gasteiger partial charge in [0.05, 0.1) is 27.4 Å². The number of benzene rings is 1. The molecule has 0 aromatic heterocycles. The first-order valence-electron chi connectivity index (χ1n) is 10.0. The van der Waals surface area contributed by atoms with Crippen molar-refractivity contribution in [3.8, 4) is 23.0 Å². The minimum absolute atomic E-state index is 0.0679. The van der Waals surface area contributed by atoms with E-state index in [9.17, 15) is 5.11 Å². The minimum atomic E-state index is 0.0679. The van der Waals surface area contributed by atoms with Crippen LogP contribution in [0.25, 0.3) is 0 Å². The molecule has 0 aliphatic carbocycles. The number of hydrogen-bond donors (Lipinski definition) is 1. The molecule has 0 saturated carbocycles. The molecule has 1 fully saturated rings. The van der Waals surface area contributed by atoms with Crippen molar-refractivity contribution in [1.29, 1.82) is 0 Å². The van der Waals surface area contributed by atoms with Crippen LogP contribution in [-0.4, -0.2) is 63.2 Å². The van der Waals surface area contributed by atoms with Crippen LogP contribution in [0.2, 0.25) is 0 Å². The number of ether oxygens (including phenoxy) is 4. The van der Waals surface area contributed by atoms with Gasteiger partial charge in [0, 0.05) is 30.1 Å². The van der Waals surface area contributed by atoms with Crippen molar-refractivity contribution in [3.63, 3.8) is 0 Å². The van der Waals surface area contributed by atoms with Crippen LogP contribution in [0.15, 0.2) is 0 Å². The van der Waals surface area contributed by atoms with Gasteiger partial charge in [-0.3, -0.25) is 4.90 Å². The number of nitrogens with zero attached hydrogens (tertiary/aromatic N) is 1. The van der Waals surface area contributed by atoms with Gasteiger partial charge in [-0.2, -0.15) is 0 Å². The van der Waals surface area contributed by atoms with E-state index < -0.39 is 0 Å². The Morgan fingerprint density at radius 3 is 2.44 bits per heavy atom. The number of phenolic OH excluding ortho intramolecular Hbond substituents is 1. The quantitative estimate of drug-likeness (QED) is 0.698. The molecule has 0 amide bonds. The third-order valence-corrected chi connectivity index (χ3v) is 5.87. The largest absolute Gasteiger partial charge is 0.504 e. The highest BCUT2D eigenvalue weighted by molar-refractivity contribution is 5.68. The van der Waals surface area contributed by atoms with E-state index in [-0.39, 0.29) is 17.8 Å². The Hall–Kier alpha value is -1.66. The zero-order valence-corrected chi connectivity index (χ0v) is 17.0. The van der Waals surface area contributed by atoms with Crippen molar-refractivity contribution in [2.24, 2.45) is 0 Å². The fourth-order valence-electron chi connectivity index (χ4n) is 4.32. The van der Waals surface area contributed by atoms with Crippen molar-refractivity contribution in [2.75, 3.05) is 47.1 Å². The van der Waals surface area contributed by atoms with Crippen LogP contribution in [0.5, 0.6) is 23.0 Å². The second-order valence-electron chi connectivity index (χ2n) is 7.52. The van der Waals surface area contributed by atoms with E-state index >= 15 is 0 Å². The van der Waals surface area contributed by atoms with Gasteiger partial charge in [-0.05, 0) is 33.2 Å². The zero-order chi connectivity index (χ0) is 19.4. The lowest BCUT2D eigenvalue weighted by molar-refractivity contribution is 0.0371. The number of aromatic hydroxyl groups is 1. The lowest BCUT2D eigenvalue weighted by Crippen LogP contribution is -2.36. The molecule has 2 unspecified atom stereocenters. The van der Waals surface area contributed by atoms with E-state index in [2.05, 4.69) is 11.8 Å². The van der Waals surface area contributed by atoms with E-state index in [1.54, 1.807) is 7.11 Å². The first-order valence-corrected chi connectivity index (χ1v) is 10.0. The molecule has 152 valence electrons. The van der Waals surface area contributed by atoms with Crippen LogP contribution in [0, 0.1) is 6.92 Å². The highest BCUT2D eigenvalue weighted by atomic mass is 16.5. The van der Waals surface area contributed by atoms with Crippen molar-refractivity contribution in [2.45, 2.75) is 51.6 Å². The van der Waals surface area contributed by atoms with Gasteiger partial charge < -0.3 is 24.1 Å². The molecule has 2 atom stereocenters. The van der Waals surface area contributed by atoms with Crippen LogP contribution >= 0.6 is 0 Å². The van der Waals surface area contributed by atoms with Gasteiger partial charge in [0.25, 0.3) is 0 Å². The second-order valence-corrected chi connectivity index (χ2v) is 7.52. The Morgan fingerprint density at radius 1 is 1.07 bits per heavy atom. The standard InChI is InChI=1S/C21H33NO5/c1-14-17-16(8-6-5-7-9-22-10-12-26-13-11-22)15(2)27-19(17)21(25-4)20(24-3)18(14)23/h15-16,23H,5-13H2,1-4H3. The molecule has 0 bridgehead atoms. The predicted octanol–water partition coefficient (Wildman–Crippen LogP) is 3.47. The van der Waals surface area contributed by atoms with E-state index in [1.165, 1.54) is 20.0 Å². The summed E-state index contributed by atoms with van der Waals surface area (Å²) in [5.74, 6) is 2.01. The molecule has 0 spiro atoms. The number of fused-ring (bicyclic) bond motifs is 1. The molecule has 3 rings (SSSR count). The second kappa shape index (κ2) is 9.02. The SMILES string of the molecule is COc1c(O)c(C)c2c(c1OC)OC(C)C2CCCCCN1CCOCC1. The topological polar surface area (TPSA) is 60.4 Å². The minimum Gasteiger partial charge on any atom is -0.504 e. The Bertz CT molecular complexity index is 642. The van der Waals surface area contributed by atoms with Crippen LogP contribution in [0.1, 0.15) is 49.7 Å². The van der Waals surface area contributed by atoms with E-state index in [0.717, 1.165) is 62.6 Å². The molecular formula is C21H33NO5. The highest BCUT2D eigenvalue weighted by Gasteiger charge is 2.38. The summed E-state index contributed by atoms with van der Waals surface area (Å²) < 4.78 is 22.4. The summed E-state index contributed by atoms with van der Waals surface area (Å²) in [4.78, 5) is 2.49. The number of unbranched alkanes of at least 4 members (excludes halogenated alkanes) is 2. The summed E-state index contributed by atoms with van der Waals surface area (Å²) in [6.45, 7) is 9.02.